The van der Waals surface area contributed by atoms with Gasteiger partial charge in [0, 0.05) is 31.1 Å². The van der Waals surface area contributed by atoms with Crippen LogP contribution in [0.25, 0.3) is 6.08 Å². The van der Waals surface area contributed by atoms with Crippen LogP contribution in [0.15, 0.2) is 59.8 Å². The van der Waals surface area contributed by atoms with Crippen molar-refractivity contribution in [1.82, 2.24) is 9.99 Å². The highest BCUT2D eigenvalue weighted by molar-refractivity contribution is 5.79. The van der Waals surface area contributed by atoms with E-state index in [4.69, 9.17) is 4.74 Å². The molecule has 5 heteroatoms. The Morgan fingerprint density at radius 2 is 1.83 bits per heavy atom. The molecule has 2 heterocycles. The highest BCUT2D eigenvalue weighted by Crippen LogP contribution is 2.18. The topological polar surface area (TPSA) is 41.0 Å². The third kappa shape index (κ3) is 4.13. The molecule has 1 aromatic heterocycles. The molecule has 0 unspecified atom stereocenters. The number of rotatable bonds is 5. The van der Waals surface area contributed by atoms with E-state index in [2.05, 4.69) is 26.1 Å². The molecule has 0 bridgehead atoms. The van der Waals surface area contributed by atoms with Crippen LogP contribution in [-0.4, -0.2) is 49.5 Å². The van der Waals surface area contributed by atoms with Gasteiger partial charge in [0.15, 0.2) is 0 Å². The first-order valence-corrected chi connectivity index (χ1v) is 8.11. The summed E-state index contributed by atoms with van der Waals surface area (Å²) < 4.78 is 5.33. The number of para-hydroxylation sites is 1. The molecule has 0 radical (unpaired) electrons. The van der Waals surface area contributed by atoms with Crippen LogP contribution >= 0.6 is 0 Å². The molecule has 0 saturated carbocycles. The van der Waals surface area contributed by atoms with E-state index >= 15 is 0 Å². The standard InChI is InChI=1S/C19H22N4O/c1-24-18-9-3-2-7-17(18)8-6-12-21-23-15-13-22(14-16-23)19-10-4-5-11-20-19/h2-12H,13-16H2,1H3/b8-6+,21-12-. The first kappa shape index (κ1) is 16.1. The van der Waals surface area contributed by atoms with E-state index in [1.807, 2.05) is 61.0 Å². The predicted molar refractivity (Wildman–Crippen MR) is 98.5 cm³/mol. The lowest BCUT2D eigenvalue weighted by Crippen LogP contribution is -2.44. The van der Waals surface area contributed by atoms with Crippen LogP contribution in [0, 0.1) is 0 Å². The summed E-state index contributed by atoms with van der Waals surface area (Å²) in [5.41, 5.74) is 1.05. The molecule has 2 aromatic rings. The smallest absolute Gasteiger partial charge is 0.128 e. The predicted octanol–water partition coefficient (Wildman–Crippen LogP) is 2.91. The highest BCUT2D eigenvalue weighted by atomic mass is 16.5. The van der Waals surface area contributed by atoms with Crippen molar-refractivity contribution >= 4 is 18.1 Å². The molecule has 0 atom stereocenters. The minimum Gasteiger partial charge on any atom is -0.496 e. The molecule has 0 N–H and O–H groups in total. The van der Waals surface area contributed by atoms with Crippen molar-refractivity contribution in [2.75, 3.05) is 38.2 Å². The monoisotopic (exact) mass is 322 g/mol. The summed E-state index contributed by atoms with van der Waals surface area (Å²) >= 11 is 0. The molecule has 1 aromatic carbocycles. The SMILES string of the molecule is COc1ccccc1/C=C/C=N\N1CCN(c2ccccn2)CC1. The Hall–Kier alpha value is -2.82. The summed E-state index contributed by atoms with van der Waals surface area (Å²) in [4.78, 5) is 6.69. The third-order valence-electron chi connectivity index (χ3n) is 3.96. The van der Waals surface area contributed by atoms with Gasteiger partial charge in [0.05, 0.1) is 20.2 Å². The largest absolute Gasteiger partial charge is 0.496 e. The minimum absolute atomic E-state index is 0.867. The zero-order valence-corrected chi connectivity index (χ0v) is 13.9. The molecule has 1 fully saturated rings. The Bertz CT molecular complexity index is 692. The van der Waals surface area contributed by atoms with Crippen molar-refractivity contribution in [3.8, 4) is 5.75 Å². The van der Waals surface area contributed by atoms with Gasteiger partial charge in [-0.3, -0.25) is 5.01 Å². The van der Waals surface area contributed by atoms with E-state index in [9.17, 15) is 0 Å². The molecule has 0 aliphatic carbocycles. The number of hydrogen-bond donors (Lipinski definition) is 0. The third-order valence-corrected chi connectivity index (χ3v) is 3.96. The molecule has 0 spiro atoms. The molecule has 124 valence electrons. The summed E-state index contributed by atoms with van der Waals surface area (Å²) in [5.74, 6) is 1.91. The first-order chi connectivity index (χ1) is 11.9. The molecule has 24 heavy (non-hydrogen) atoms. The lowest BCUT2D eigenvalue weighted by Gasteiger charge is -2.33. The van der Waals surface area contributed by atoms with Gasteiger partial charge in [0.25, 0.3) is 0 Å². The van der Waals surface area contributed by atoms with Crippen LogP contribution in [0.4, 0.5) is 5.82 Å². The number of hydrazone groups is 1. The number of aromatic nitrogens is 1. The summed E-state index contributed by atoms with van der Waals surface area (Å²) in [6, 6.07) is 14.0. The Balaban J connectivity index is 1.51. The number of anilines is 1. The maximum atomic E-state index is 5.33. The lowest BCUT2D eigenvalue weighted by molar-refractivity contribution is 0.271. The van der Waals surface area contributed by atoms with Crippen molar-refractivity contribution in [3.63, 3.8) is 0 Å². The van der Waals surface area contributed by atoms with Crippen molar-refractivity contribution < 1.29 is 4.74 Å². The average Bonchev–Trinajstić information content (AvgIpc) is 2.67. The average molecular weight is 322 g/mol. The van der Waals surface area contributed by atoms with E-state index in [0.29, 0.717) is 0 Å². The number of piperazine rings is 1. The van der Waals surface area contributed by atoms with Crippen LogP contribution in [0.2, 0.25) is 0 Å². The van der Waals surface area contributed by atoms with E-state index < -0.39 is 0 Å². The number of benzene rings is 1. The number of allylic oxidation sites excluding steroid dienone is 1. The summed E-state index contributed by atoms with van der Waals surface area (Å²) in [6.45, 7) is 3.67. The molecule has 1 aliphatic heterocycles. The minimum atomic E-state index is 0.867. The second-order valence-electron chi connectivity index (χ2n) is 5.49. The number of hydrogen-bond acceptors (Lipinski definition) is 5. The number of methoxy groups -OCH3 is 1. The van der Waals surface area contributed by atoms with Crippen LogP contribution < -0.4 is 9.64 Å². The van der Waals surface area contributed by atoms with Gasteiger partial charge in [-0.05, 0) is 30.4 Å². The van der Waals surface area contributed by atoms with Crippen molar-refractivity contribution in [3.05, 3.63) is 60.3 Å². The molecular formula is C19H22N4O. The molecule has 1 aliphatic rings. The Morgan fingerprint density at radius 3 is 2.58 bits per heavy atom. The van der Waals surface area contributed by atoms with Gasteiger partial charge in [-0.1, -0.05) is 24.3 Å². The lowest BCUT2D eigenvalue weighted by atomic mass is 10.2. The van der Waals surface area contributed by atoms with Gasteiger partial charge < -0.3 is 9.64 Å². The molecule has 5 nitrogen and oxygen atoms in total. The molecular weight excluding hydrogens is 300 g/mol. The van der Waals surface area contributed by atoms with Gasteiger partial charge in [-0.2, -0.15) is 5.10 Å². The fourth-order valence-electron chi connectivity index (χ4n) is 2.66. The number of nitrogens with zero attached hydrogens (tertiary/aromatic N) is 4. The summed E-state index contributed by atoms with van der Waals surface area (Å²) in [5, 5.41) is 6.60. The van der Waals surface area contributed by atoms with E-state index in [1.54, 1.807) is 7.11 Å². The molecule has 1 saturated heterocycles. The fraction of sp³-hybridized carbons (Fsp3) is 0.263. The zero-order chi connectivity index (χ0) is 16.6. The Morgan fingerprint density at radius 1 is 1.04 bits per heavy atom. The van der Waals surface area contributed by atoms with E-state index in [-0.39, 0.29) is 0 Å². The first-order valence-electron chi connectivity index (χ1n) is 8.11. The maximum absolute atomic E-state index is 5.33. The van der Waals surface area contributed by atoms with Gasteiger partial charge in [-0.15, -0.1) is 0 Å². The Labute approximate surface area is 142 Å². The zero-order valence-electron chi connectivity index (χ0n) is 13.9. The van der Waals surface area contributed by atoms with Gasteiger partial charge >= 0.3 is 0 Å². The van der Waals surface area contributed by atoms with Crippen molar-refractivity contribution in [2.24, 2.45) is 5.10 Å². The van der Waals surface area contributed by atoms with Crippen molar-refractivity contribution in [1.29, 1.82) is 0 Å². The quantitative estimate of drug-likeness (QED) is 0.794. The van der Waals surface area contributed by atoms with Crippen LogP contribution in [-0.2, 0) is 0 Å². The summed E-state index contributed by atoms with van der Waals surface area (Å²) in [7, 11) is 1.68. The fourth-order valence-corrected chi connectivity index (χ4v) is 2.66. The van der Waals surface area contributed by atoms with Gasteiger partial charge in [0.2, 0.25) is 0 Å². The van der Waals surface area contributed by atoms with Crippen LogP contribution in [0.3, 0.4) is 0 Å². The normalized spacial score (nSPS) is 15.4. The van der Waals surface area contributed by atoms with Crippen LogP contribution in [0.5, 0.6) is 5.75 Å². The number of ether oxygens (including phenoxy) is 1. The van der Waals surface area contributed by atoms with E-state index in [0.717, 1.165) is 43.3 Å². The molecule has 3 rings (SSSR count). The second kappa shape index (κ2) is 8.15. The second-order valence-corrected chi connectivity index (χ2v) is 5.49. The Kier molecular flexibility index (Phi) is 5.45. The molecule has 0 amide bonds. The van der Waals surface area contributed by atoms with Crippen molar-refractivity contribution in [2.45, 2.75) is 0 Å². The van der Waals surface area contributed by atoms with Gasteiger partial charge in [-0.25, -0.2) is 4.98 Å². The van der Waals surface area contributed by atoms with Crippen LogP contribution in [0.1, 0.15) is 5.56 Å². The van der Waals surface area contributed by atoms with E-state index in [1.165, 1.54) is 0 Å². The summed E-state index contributed by atoms with van der Waals surface area (Å²) in [6.07, 6.45) is 7.63. The maximum Gasteiger partial charge on any atom is 0.128 e. The van der Waals surface area contributed by atoms with Gasteiger partial charge in [0.1, 0.15) is 11.6 Å². The highest BCUT2D eigenvalue weighted by Gasteiger charge is 2.15. The number of pyridine rings is 1.